The number of amides is 1. The first-order valence-electron chi connectivity index (χ1n) is 12.3. The molecule has 1 amide bonds. The minimum absolute atomic E-state index is 0.0479. The predicted molar refractivity (Wildman–Crippen MR) is 147 cm³/mol. The molecule has 1 atom stereocenters. The molecule has 0 aliphatic carbocycles. The molecule has 1 aliphatic rings. The lowest BCUT2D eigenvalue weighted by atomic mass is 9.94. The van der Waals surface area contributed by atoms with Gasteiger partial charge in [-0.3, -0.25) is 14.5 Å². The molecule has 0 bridgehead atoms. The lowest BCUT2D eigenvalue weighted by molar-refractivity contribution is -0.132. The molecular weight excluding hydrogens is 506 g/mol. The van der Waals surface area contributed by atoms with Crippen molar-refractivity contribution in [3.05, 3.63) is 87.4 Å². The molecule has 8 heteroatoms. The van der Waals surface area contributed by atoms with Crippen LogP contribution in [-0.2, 0) is 9.59 Å². The van der Waals surface area contributed by atoms with Gasteiger partial charge in [0.25, 0.3) is 11.7 Å². The van der Waals surface area contributed by atoms with Gasteiger partial charge in [-0.15, -0.1) is 0 Å². The van der Waals surface area contributed by atoms with Crippen molar-refractivity contribution in [3.63, 3.8) is 0 Å². The Kier molecular flexibility index (Phi) is 7.97. The molecule has 38 heavy (non-hydrogen) atoms. The minimum Gasteiger partial charge on any atom is -0.507 e. The summed E-state index contributed by atoms with van der Waals surface area (Å²) in [5.74, 6) is -0.523. The number of ether oxygens (including phenoxy) is 3. The third-order valence-corrected chi connectivity index (χ3v) is 6.69. The third kappa shape index (κ3) is 4.94. The predicted octanol–water partition coefficient (Wildman–Crippen LogP) is 6.39. The number of benzene rings is 3. The highest BCUT2D eigenvalue weighted by atomic mass is 35.5. The lowest BCUT2D eigenvalue weighted by Gasteiger charge is -2.27. The molecule has 1 heterocycles. The van der Waals surface area contributed by atoms with Crippen molar-refractivity contribution in [2.45, 2.75) is 33.7 Å². The van der Waals surface area contributed by atoms with E-state index in [2.05, 4.69) is 0 Å². The Hall–Kier alpha value is -3.97. The molecular formula is C30H30ClNO6. The summed E-state index contributed by atoms with van der Waals surface area (Å²) < 4.78 is 16.8. The van der Waals surface area contributed by atoms with Gasteiger partial charge in [0.2, 0.25) is 0 Å². The number of aliphatic hydroxyl groups excluding tert-OH is 1. The van der Waals surface area contributed by atoms with Crippen LogP contribution in [0.1, 0.15) is 42.1 Å². The van der Waals surface area contributed by atoms with Gasteiger partial charge >= 0.3 is 0 Å². The van der Waals surface area contributed by atoms with Crippen molar-refractivity contribution < 1.29 is 28.9 Å². The van der Waals surface area contributed by atoms with E-state index in [1.54, 1.807) is 36.4 Å². The summed E-state index contributed by atoms with van der Waals surface area (Å²) >= 11 is 6.25. The van der Waals surface area contributed by atoms with Crippen LogP contribution in [0.5, 0.6) is 17.2 Å². The molecule has 198 valence electrons. The summed E-state index contributed by atoms with van der Waals surface area (Å²) in [7, 11) is 1.54. The van der Waals surface area contributed by atoms with E-state index >= 15 is 0 Å². The van der Waals surface area contributed by atoms with Gasteiger partial charge in [0.15, 0.2) is 11.5 Å². The van der Waals surface area contributed by atoms with Gasteiger partial charge in [-0.25, -0.2) is 0 Å². The molecule has 3 aromatic rings. The fourth-order valence-electron chi connectivity index (χ4n) is 4.58. The number of aliphatic hydroxyl groups is 1. The first-order valence-corrected chi connectivity index (χ1v) is 12.7. The summed E-state index contributed by atoms with van der Waals surface area (Å²) in [6, 6.07) is 14.7. The monoisotopic (exact) mass is 535 g/mol. The molecule has 1 saturated heterocycles. The van der Waals surface area contributed by atoms with Gasteiger partial charge in [0.05, 0.1) is 37.0 Å². The summed E-state index contributed by atoms with van der Waals surface area (Å²) in [5.41, 5.74) is 3.15. The van der Waals surface area contributed by atoms with Gasteiger partial charge in [0, 0.05) is 11.3 Å². The molecule has 0 spiro atoms. The highest BCUT2D eigenvalue weighted by Crippen LogP contribution is 2.45. The molecule has 1 aliphatic heterocycles. The molecule has 1 fully saturated rings. The van der Waals surface area contributed by atoms with Crippen LogP contribution in [-0.4, -0.2) is 37.1 Å². The molecule has 0 aromatic heterocycles. The zero-order valence-electron chi connectivity index (χ0n) is 22.0. The second-order valence-corrected chi connectivity index (χ2v) is 9.29. The third-order valence-electron chi connectivity index (χ3n) is 6.38. The van der Waals surface area contributed by atoms with Crippen LogP contribution in [0.2, 0.25) is 5.02 Å². The number of methoxy groups -OCH3 is 1. The number of aryl methyl sites for hydroxylation is 2. The highest BCUT2D eigenvalue weighted by Gasteiger charge is 2.47. The minimum atomic E-state index is -0.924. The van der Waals surface area contributed by atoms with Crippen LogP contribution in [0.4, 0.5) is 5.69 Å². The number of nitrogens with zero attached hydrogens (tertiary/aromatic N) is 1. The van der Waals surface area contributed by atoms with E-state index in [0.29, 0.717) is 52.3 Å². The molecule has 3 aromatic carbocycles. The Balaban J connectivity index is 1.99. The van der Waals surface area contributed by atoms with E-state index in [-0.39, 0.29) is 11.3 Å². The molecule has 0 saturated carbocycles. The summed E-state index contributed by atoms with van der Waals surface area (Å²) in [5, 5.41) is 11.9. The fraction of sp³-hybridized carbons (Fsp3) is 0.267. The standard InChI is InChI=1S/C30H30ClNO6/c1-6-37-24-16-20(10-12-21(24)31)28(33)26-27(19-11-13-23(36-5)25(15-19)38-7-2)32(30(35)29(26)34)22-14-17(3)8-9-18(22)4/h8-16,27,33H,6-7H2,1-5H3/b28-26-. The van der Waals surface area contributed by atoms with Crippen LogP contribution >= 0.6 is 11.6 Å². The quantitative estimate of drug-likeness (QED) is 0.204. The summed E-state index contributed by atoms with van der Waals surface area (Å²) in [4.78, 5) is 28.6. The Bertz CT molecular complexity index is 1430. The number of anilines is 1. The Morgan fingerprint density at radius 2 is 1.63 bits per heavy atom. The van der Waals surface area contributed by atoms with E-state index in [9.17, 15) is 14.7 Å². The van der Waals surface area contributed by atoms with Crippen molar-refractivity contribution in [2.75, 3.05) is 25.2 Å². The number of hydrogen-bond donors (Lipinski definition) is 1. The first kappa shape index (κ1) is 27.1. The second-order valence-electron chi connectivity index (χ2n) is 8.88. The van der Waals surface area contributed by atoms with E-state index in [4.69, 9.17) is 25.8 Å². The maximum atomic E-state index is 13.6. The Morgan fingerprint density at radius 1 is 0.921 bits per heavy atom. The van der Waals surface area contributed by atoms with Crippen molar-refractivity contribution >= 4 is 34.7 Å². The highest BCUT2D eigenvalue weighted by molar-refractivity contribution is 6.51. The topological polar surface area (TPSA) is 85.3 Å². The van der Waals surface area contributed by atoms with Gasteiger partial charge in [-0.05, 0) is 80.8 Å². The van der Waals surface area contributed by atoms with Gasteiger partial charge in [0.1, 0.15) is 11.5 Å². The maximum absolute atomic E-state index is 13.6. The largest absolute Gasteiger partial charge is 0.507 e. The van der Waals surface area contributed by atoms with E-state index in [1.807, 2.05) is 45.9 Å². The normalized spacial score (nSPS) is 16.6. The van der Waals surface area contributed by atoms with E-state index in [1.165, 1.54) is 12.0 Å². The second kappa shape index (κ2) is 11.2. The van der Waals surface area contributed by atoms with Crippen molar-refractivity contribution in [1.82, 2.24) is 0 Å². The molecule has 1 unspecified atom stereocenters. The number of Topliss-reactive ketones (excluding diaryl/α,β-unsaturated/α-hetero) is 1. The number of ketones is 1. The summed E-state index contributed by atoms with van der Waals surface area (Å²) in [6.45, 7) is 8.22. The molecule has 4 rings (SSSR count). The first-order chi connectivity index (χ1) is 18.2. The Morgan fingerprint density at radius 3 is 2.32 bits per heavy atom. The summed E-state index contributed by atoms with van der Waals surface area (Å²) in [6.07, 6.45) is 0. The molecule has 1 N–H and O–H groups in total. The number of carbonyl (C=O) groups excluding carboxylic acids is 2. The molecule has 7 nitrogen and oxygen atoms in total. The zero-order valence-corrected chi connectivity index (χ0v) is 22.8. The van der Waals surface area contributed by atoms with Crippen LogP contribution in [0.15, 0.2) is 60.2 Å². The zero-order chi connectivity index (χ0) is 27.6. The lowest BCUT2D eigenvalue weighted by Crippen LogP contribution is -2.30. The van der Waals surface area contributed by atoms with Crippen molar-refractivity contribution in [3.8, 4) is 17.2 Å². The number of carbonyl (C=O) groups is 2. The van der Waals surface area contributed by atoms with Gasteiger partial charge in [-0.2, -0.15) is 0 Å². The average Bonchev–Trinajstić information content (AvgIpc) is 3.16. The number of hydrogen-bond acceptors (Lipinski definition) is 6. The fourth-order valence-corrected chi connectivity index (χ4v) is 4.75. The number of rotatable bonds is 8. The van der Waals surface area contributed by atoms with E-state index in [0.717, 1.165) is 11.1 Å². The van der Waals surface area contributed by atoms with Crippen LogP contribution in [0, 0.1) is 13.8 Å². The molecule has 0 radical (unpaired) electrons. The van der Waals surface area contributed by atoms with Crippen LogP contribution < -0.4 is 19.1 Å². The van der Waals surface area contributed by atoms with Gasteiger partial charge in [-0.1, -0.05) is 29.8 Å². The Labute approximate surface area is 227 Å². The van der Waals surface area contributed by atoms with Crippen molar-refractivity contribution in [2.24, 2.45) is 0 Å². The van der Waals surface area contributed by atoms with Crippen LogP contribution in [0.25, 0.3) is 5.76 Å². The van der Waals surface area contributed by atoms with E-state index < -0.39 is 17.7 Å². The smallest absolute Gasteiger partial charge is 0.300 e. The van der Waals surface area contributed by atoms with Gasteiger partial charge < -0.3 is 19.3 Å². The van der Waals surface area contributed by atoms with Crippen molar-refractivity contribution in [1.29, 1.82) is 0 Å². The number of halogens is 1. The SMILES string of the molecule is CCOc1cc(/C(O)=C2/C(=O)C(=O)N(c3cc(C)ccc3C)C2c2ccc(OC)c(OCC)c2)ccc1Cl. The van der Waals surface area contributed by atoms with Crippen LogP contribution in [0.3, 0.4) is 0 Å². The average molecular weight is 536 g/mol. The maximum Gasteiger partial charge on any atom is 0.300 e.